The SMILES string of the molecule is C#CC(CC=C(C)Cl)S(=O)(=O)C12CCOC(CCSC3COC3)C1COC1C2=C(F)C=CC1F. The second-order valence-electron chi connectivity index (χ2n) is 9.02. The molecule has 34 heavy (non-hydrogen) atoms. The normalized spacial score (nSPS) is 35.2. The van der Waals surface area contributed by atoms with E-state index in [1.54, 1.807) is 24.8 Å². The predicted molar refractivity (Wildman–Crippen MR) is 130 cm³/mol. The fraction of sp³-hybridized carbons (Fsp3) is 0.667. The molecule has 0 radical (unpaired) electrons. The van der Waals surface area contributed by atoms with Crippen LogP contribution in [0.5, 0.6) is 0 Å². The first-order chi connectivity index (χ1) is 16.2. The number of rotatable bonds is 8. The van der Waals surface area contributed by atoms with Crippen LogP contribution in [-0.4, -0.2) is 74.2 Å². The van der Waals surface area contributed by atoms with Crippen molar-refractivity contribution in [2.45, 2.75) is 59.8 Å². The van der Waals surface area contributed by atoms with Gasteiger partial charge in [-0.25, -0.2) is 17.2 Å². The zero-order valence-corrected chi connectivity index (χ0v) is 21.3. The number of thioether (sulfide) groups is 1. The van der Waals surface area contributed by atoms with Crippen molar-refractivity contribution in [3.05, 3.63) is 34.7 Å². The Labute approximate surface area is 209 Å². The van der Waals surface area contributed by atoms with E-state index in [4.69, 9.17) is 32.2 Å². The first-order valence-electron chi connectivity index (χ1n) is 11.4. The van der Waals surface area contributed by atoms with Crippen LogP contribution in [-0.2, 0) is 24.0 Å². The molecule has 10 heteroatoms. The molecule has 6 unspecified atom stereocenters. The Hall–Kier alpha value is -0.890. The van der Waals surface area contributed by atoms with Crippen molar-refractivity contribution in [3.8, 4) is 12.3 Å². The molecule has 0 N–H and O–H groups in total. The Bertz CT molecular complexity index is 1010. The summed E-state index contributed by atoms with van der Waals surface area (Å²) >= 11 is 7.69. The zero-order valence-electron chi connectivity index (χ0n) is 18.9. The predicted octanol–water partition coefficient (Wildman–Crippen LogP) is 4.13. The number of hydrogen-bond acceptors (Lipinski definition) is 6. The van der Waals surface area contributed by atoms with Gasteiger partial charge in [0.15, 0.2) is 9.84 Å². The number of fused-ring (bicyclic) bond motifs is 3. The van der Waals surface area contributed by atoms with Crippen LogP contribution in [0, 0.1) is 18.3 Å². The Kier molecular flexibility index (Phi) is 8.17. The van der Waals surface area contributed by atoms with Gasteiger partial charge >= 0.3 is 0 Å². The maximum Gasteiger partial charge on any atom is 0.174 e. The monoisotopic (exact) mass is 534 g/mol. The van der Waals surface area contributed by atoms with Crippen molar-refractivity contribution in [1.29, 1.82) is 0 Å². The average molecular weight is 535 g/mol. The quantitative estimate of drug-likeness (QED) is 0.436. The number of halogens is 3. The van der Waals surface area contributed by atoms with E-state index < -0.39 is 50.0 Å². The van der Waals surface area contributed by atoms with E-state index in [2.05, 4.69) is 5.92 Å². The number of hydrogen-bond donors (Lipinski definition) is 0. The fourth-order valence-corrected chi connectivity index (χ4v) is 9.03. The number of alkyl halides is 1. The lowest BCUT2D eigenvalue weighted by molar-refractivity contribution is -0.114. The van der Waals surface area contributed by atoms with Gasteiger partial charge in [0.05, 0.1) is 31.2 Å². The van der Waals surface area contributed by atoms with Crippen LogP contribution in [0.25, 0.3) is 0 Å². The van der Waals surface area contributed by atoms with E-state index in [0.29, 0.717) is 29.9 Å². The highest BCUT2D eigenvalue weighted by Gasteiger charge is 2.64. The van der Waals surface area contributed by atoms with Crippen LogP contribution in [0.3, 0.4) is 0 Å². The number of terminal acetylenes is 1. The average Bonchev–Trinajstić information content (AvgIpc) is 2.77. The molecular weight excluding hydrogens is 506 g/mol. The van der Waals surface area contributed by atoms with Gasteiger partial charge in [0.2, 0.25) is 0 Å². The molecule has 0 aromatic carbocycles. The molecule has 0 bridgehead atoms. The van der Waals surface area contributed by atoms with Gasteiger partial charge in [-0.1, -0.05) is 23.6 Å². The Morgan fingerprint density at radius 3 is 2.82 bits per heavy atom. The van der Waals surface area contributed by atoms with Gasteiger partial charge in [0.25, 0.3) is 0 Å². The van der Waals surface area contributed by atoms with Crippen molar-refractivity contribution in [1.82, 2.24) is 0 Å². The maximum absolute atomic E-state index is 15.4. The number of sulfone groups is 1. The second-order valence-corrected chi connectivity index (χ2v) is 13.4. The highest BCUT2D eigenvalue weighted by Crippen LogP contribution is 2.53. The van der Waals surface area contributed by atoms with Gasteiger partial charge in [-0.15, -0.1) is 6.42 Å². The summed E-state index contributed by atoms with van der Waals surface area (Å²) in [4.78, 5) is 0. The van der Waals surface area contributed by atoms with Crippen LogP contribution in [0.4, 0.5) is 8.78 Å². The van der Waals surface area contributed by atoms with Gasteiger partial charge in [-0.2, -0.15) is 11.8 Å². The van der Waals surface area contributed by atoms with Crippen molar-refractivity contribution >= 4 is 33.2 Å². The summed E-state index contributed by atoms with van der Waals surface area (Å²) in [5.41, 5.74) is -0.154. The molecule has 188 valence electrons. The van der Waals surface area contributed by atoms with Crippen LogP contribution < -0.4 is 0 Å². The third kappa shape index (κ3) is 4.62. The van der Waals surface area contributed by atoms with E-state index in [-0.39, 0.29) is 31.6 Å². The molecule has 3 heterocycles. The number of allylic oxidation sites excluding steroid dienone is 4. The molecule has 3 fully saturated rings. The van der Waals surface area contributed by atoms with E-state index in [9.17, 15) is 12.8 Å². The maximum atomic E-state index is 15.4. The summed E-state index contributed by atoms with van der Waals surface area (Å²) in [7, 11) is -4.21. The van der Waals surface area contributed by atoms with Gasteiger partial charge in [0.1, 0.15) is 28.1 Å². The smallest absolute Gasteiger partial charge is 0.174 e. The topological polar surface area (TPSA) is 61.8 Å². The first-order valence-corrected chi connectivity index (χ1v) is 14.4. The summed E-state index contributed by atoms with van der Waals surface area (Å²) in [6.45, 7) is 3.07. The summed E-state index contributed by atoms with van der Waals surface area (Å²) in [6, 6.07) is 0. The minimum atomic E-state index is -4.21. The van der Waals surface area contributed by atoms with Gasteiger partial charge in [-0.05, 0) is 44.1 Å². The Morgan fingerprint density at radius 1 is 1.41 bits per heavy atom. The lowest BCUT2D eigenvalue weighted by Crippen LogP contribution is -2.65. The van der Waals surface area contributed by atoms with Crippen molar-refractivity contribution < 1.29 is 31.4 Å². The third-order valence-corrected chi connectivity index (χ3v) is 11.3. The molecular formula is C24H29ClF2O5S2. The molecule has 0 spiro atoms. The molecule has 3 aliphatic heterocycles. The first kappa shape index (κ1) is 26.2. The van der Waals surface area contributed by atoms with Crippen LogP contribution in [0.15, 0.2) is 34.7 Å². The van der Waals surface area contributed by atoms with Gasteiger partial charge in [0, 0.05) is 23.1 Å². The van der Waals surface area contributed by atoms with Crippen molar-refractivity contribution in [3.63, 3.8) is 0 Å². The van der Waals surface area contributed by atoms with Crippen molar-refractivity contribution in [2.75, 3.05) is 32.2 Å². The van der Waals surface area contributed by atoms with E-state index >= 15 is 4.39 Å². The number of ether oxygens (including phenoxy) is 3. The molecule has 5 nitrogen and oxygen atoms in total. The highest BCUT2D eigenvalue weighted by molar-refractivity contribution is 8.00. The van der Waals surface area contributed by atoms with Crippen LogP contribution >= 0.6 is 23.4 Å². The molecule has 1 aliphatic carbocycles. The summed E-state index contributed by atoms with van der Waals surface area (Å²) in [5, 5.41) is -0.422. The molecule has 6 atom stereocenters. The molecule has 0 aromatic heterocycles. The minimum absolute atomic E-state index is 0.00890. The summed E-state index contributed by atoms with van der Waals surface area (Å²) in [6.07, 6.45) is 6.40. The van der Waals surface area contributed by atoms with Gasteiger partial charge in [-0.3, -0.25) is 0 Å². The van der Waals surface area contributed by atoms with Crippen LogP contribution in [0.1, 0.15) is 26.2 Å². The molecule has 4 rings (SSSR count). The largest absolute Gasteiger partial charge is 0.379 e. The Balaban J connectivity index is 1.75. The van der Waals surface area contributed by atoms with E-state index in [0.717, 1.165) is 17.9 Å². The van der Waals surface area contributed by atoms with Crippen molar-refractivity contribution in [2.24, 2.45) is 5.92 Å². The third-order valence-electron chi connectivity index (χ3n) is 7.07. The lowest BCUT2D eigenvalue weighted by atomic mass is 9.71. The summed E-state index contributed by atoms with van der Waals surface area (Å²) < 4.78 is 74.1. The lowest BCUT2D eigenvalue weighted by Gasteiger charge is -2.54. The Morgan fingerprint density at radius 2 is 2.18 bits per heavy atom. The molecule has 0 amide bonds. The van der Waals surface area contributed by atoms with Gasteiger partial charge < -0.3 is 14.2 Å². The molecule has 4 aliphatic rings. The fourth-order valence-electron chi connectivity index (χ4n) is 5.29. The molecule has 0 saturated carbocycles. The van der Waals surface area contributed by atoms with E-state index in [1.807, 2.05) is 0 Å². The molecule has 0 aromatic rings. The summed E-state index contributed by atoms with van der Waals surface area (Å²) in [5.74, 6) is 1.63. The van der Waals surface area contributed by atoms with Crippen LogP contribution in [0.2, 0.25) is 0 Å². The highest BCUT2D eigenvalue weighted by atomic mass is 35.5. The standard InChI is InChI=1S/C24H29ClF2O5S2/c1-3-17(5-4-15(2)25)34(28,29)24-9-10-31-21(8-11-33-16-12-30-13-16)18(24)14-32-23-20(27)7-6-19(26)22(23)24/h1,4,6-7,16-18,20-21,23H,5,8-14H2,2H3. The second kappa shape index (κ2) is 10.6. The minimum Gasteiger partial charge on any atom is -0.379 e. The zero-order chi connectivity index (χ0) is 24.5. The van der Waals surface area contributed by atoms with E-state index in [1.165, 1.54) is 0 Å². The molecule has 3 saturated heterocycles.